The van der Waals surface area contributed by atoms with Crippen molar-refractivity contribution in [2.45, 2.75) is 0 Å². The highest BCUT2D eigenvalue weighted by Crippen LogP contribution is 2.43. The summed E-state index contributed by atoms with van der Waals surface area (Å²) in [7, 11) is 0. The van der Waals surface area contributed by atoms with Gasteiger partial charge in [0, 0.05) is 53.1 Å². The topological polar surface area (TPSA) is 9.86 Å². The highest BCUT2D eigenvalue weighted by Gasteiger charge is 2.18. The molecule has 0 amide bonds. The third-order valence-electron chi connectivity index (χ3n) is 11.8. The van der Waals surface area contributed by atoms with Crippen molar-refractivity contribution >= 4 is 75.1 Å². The smallest absolute Gasteiger partial charge is 0.0555 e. The van der Waals surface area contributed by atoms with Crippen molar-refractivity contribution in [1.29, 1.82) is 0 Å². The van der Waals surface area contributed by atoms with E-state index in [0.717, 1.165) is 5.69 Å². The van der Waals surface area contributed by atoms with Gasteiger partial charge in [-0.15, -0.1) is 11.3 Å². The van der Waals surface area contributed by atoms with Crippen molar-refractivity contribution < 1.29 is 0 Å². The SMILES string of the molecule is c1ccc(-c2ccc3c(c2)c2ccccc2n3-c2ccc(-c3ccc(-c4ccc(-n5c6ccccc6c6c7sc8ccccc8c7ccc65)cc4)cc3)cc2)cc1. The first-order chi connectivity index (χ1) is 28.3. The summed E-state index contributed by atoms with van der Waals surface area (Å²) >= 11 is 1.90. The molecular formula is C54H34N2S. The largest absolute Gasteiger partial charge is 0.309 e. The third-order valence-corrected chi connectivity index (χ3v) is 13.0. The number of para-hydroxylation sites is 2. The first-order valence-corrected chi connectivity index (χ1v) is 20.3. The van der Waals surface area contributed by atoms with Crippen molar-refractivity contribution in [2.24, 2.45) is 0 Å². The van der Waals surface area contributed by atoms with Crippen LogP contribution < -0.4 is 0 Å². The number of aromatic nitrogens is 2. The summed E-state index contributed by atoms with van der Waals surface area (Å²) in [6.07, 6.45) is 0. The molecule has 3 aromatic heterocycles. The van der Waals surface area contributed by atoms with E-state index in [4.69, 9.17) is 0 Å². The maximum atomic E-state index is 2.42. The number of fused-ring (bicyclic) bond motifs is 10. The molecular weight excluding hydrogens is 709 g/mol. The molecule has 0 radical (unpaired) electrons. The molecule has 9 aromatic carbocycles. The minimum absolute atomic E-state index is 1.16. The second kappa shape index (κ2) is 12.7. The first-order valence-electron chi connectivity index (χ1n) is 19.5. The van der Waals surface area contributed by atoms with Crippen LogP contribution in [0.1, 0.15) is 0 Å². The van der Waals surface area contributed by atoms with Crippen molar-refractivity contribution in [3.05, 3.63) is 206 Å². The minimum Gasteiger partial charge on any atom is -0.309 e. The number of hydrogen-bond acceptors (Lipinski definition) is 1. The van der Waals surface area contributed by atoms with E-state index >= 15 is 0 Å². The zero-order valence-corrected chi connectivity index (χ0v) is 31.7. The van der Waals surface area contributed by atoms with Gasteiger partial charge in [-0.25, -0.2) is 0 Å². The molecule has 3 heterocycles. The maximum absolute atomic E-state index is 2.42. The van der Waals surface area contributed by atoms with Gasteiger partial charge in [0.1, 0.15) is 0 Å². The third kappa shape index (κ3) is 5.03. The molecule has 0 unspecified atom stereocenters. The van der Waals surface area contributed by atoms with Crippen LogP contribution in [0.4, 0.5) is 0 Å². The Labute approximate surface area is 333 Å². The molecule has 266 valence electrons. The van der Waals surface area contributed by atoms with E-state index in [0.29, 0.717) is 0 Å². The lowest BCUT2D eigenvalue weighted by Crippen LogP contribution is -1.94. The van der Waals surface area contributed by atoms with E-state index < -0.39 is 0 Å². The zero-order valence-electron chi connectivity index (χ0n) is 30.9. The van der Waals surface area contributed by atoms with Crippen LogP contribution in [0.5, 0.6) is 0 Å². The van der Waals surface area contributed by atoms with Crippen LogP contribution in [0.15, 0.2) is 206 Å². The Kier molecular flexibility index (Phi) is 7.13. The van der Waals surface area contributed by atoms with Crippen molar-refractivity contribution in [2.75, 3.05) is 0 Å². The van der Waals surface area contributed by atoms with Crippen LogP contribution in [-0.4, -0.2) is 9.13 Å². The molecule has 0 fully saturated rings. The monoisotopic (exact) mass is 742 g/mol. The lowest BCUT2D eigenvalue weighted by atomic mass is 10.00. The second-order valence-electron chi connectivity index (χ2n) is 14.9. The Morgan fingerprint density at radius 3 is 1.40 bits per heavy atom. The molecule has 0 aliphatic heterocycles. The second-order valence-corrected chi connectivity index (χ2v) is 16.0. The Morgan fingerprint density at radius 2 is 0.737 bits per heavy atom. The van der Waals surface area contributed by atoms with Gasteiger partial charge in [-0.2, -0.15) is 0 Å². The molecule has 57 heavy (non-hydrogen) atoms. The van der Waals surface area contributed by atoms with Gasteiger partial charge in [-0.05, 0) is 94.0 Å². The summed E-state index contributed by atoms with van der Waals surface area (Å²) in [4.78, 5) is 0. The van der Waals surface area contributed by atoms with Gasteiger partial charge in [-0.3, -0.25) is 0 Å². The lowest BCUT2D eigenvalue weighted by Gasteiger charge is -2.11. The van der Waals surface area contributed by atoms with Crippen LogP contribution in [-0.2, 0) is 0 Å². The molecule has 2 nitrogen and oxygen atoms in total. The molecule has 0 spiro atoms. The molecule has 0 atom stereocenters. The Bertz CT molecular complexity index is 3470. The van der Waals surface area contributed by atoms with E-state index in [1.807, 2.05) is 11.3 Å². The lowest BCUT2D eigenvalue weighted by molar-refractivity contribution is 1.18. The van der Waals surface area contributed by atoms with Crippen molar-refractivity contribution in [1.82, 2.24) is 9.13 Å². The van der Waals surface area contributed by atoms with E-state index in [2.05, 4.69) is 215 Å². The molecule has 0 saturated heterocycles. The van der Waals surface area contributed by atoms with Gasteiger partial charge in [0.15, 0.2) is 0 Å². The average Bonchev–Trinajstić information content (AvgIpc) is 3.94. The van der Waals surface area contributed by atoms with Crippen LogP contribution in [0, 0.1) is 0 Å². The Morgan fingerprint density at radius 1 is 0.281 bits per heavy atom. The predicted molar refractivity (Wildman–Crippen MR) is 244 cm³/mol. The van der Waals surface area contributed by atoms with Crippen LogP contribution >= 0.6 is 11.3 Å². The predicted octanol–water partition coefficient (Wildman–Crippen LogP) is 15.2. The van der Waals surface area contributed by atoms with E-state index in [1.165, 1.54) is 103 Å². The quantitative estimate of drug-likeness (QED) is 0.166. The highest BCUT2D eigenvalue weighted by molar-refractivity contribution is 7.26. The van der Waals surface area contributed by atoms with Gasteiger partial charge in [0.05, 0.1) is 22.1 Å². The summed E-state index contributed by atoms with van der Waals surface area (Å²) in [5.74, 6) is 0. The fourth-order valence-electron chi connectivity index (χ4n) is 9.04. The summed E-state index contributed by atoms with van der Waals surface area (Å²) in [5.41, 5.74) is 14.5. The van der Waals surface area contributed by atoms with Gasteiger partial charge >= 0.3 is 0 Å². The average molecular weight is 743 g/mol. The van der Waals surface area contributed by atoms with E-state index in [1.54, 1.807) is 0 Å². The van der Waals surface area contributed by atoms with Crippen LogP contribution in [0.25, 0.3) is 109 Å². The molecule has 12 rings (SSSR count). The van der Waals surface area contributed by atoms with Gasteiger partial charge in [0.2, 0.25) is 0 Å². The molecule has 0 saturated carbocycles. The minimum atomic E-state index is 1.16. The van der Waals surface area contributed by atoms with Crippen molar-refractivity contribution in [3.63, 3.8) is 0 Å². The molecule has 0 bridgehead atoms. The molecule has 0 aliphatic rings. The number of rotatable bonds is 5. The Balaban J connectivity index is 0.856. The summed E-state index contributed by atoms with van der Waals surface area (Å²) in [5, 5.41) is 7.84. The number of thiophene rings is 1. The Hall–Kier alpha value is -7.20. The fourth-order valence-corrected chi connectivity index (χ4v) is 10.3. The maximum Gasteiger partial charge on any atom is 0.0555 e. The van der Waals surface area contributed by atoms with Crippen LogP contribution in [0.3, 0.4) is 0 Å². The van der Waals surface area contributed by atoms with Crippen molar-refractivity contribution in [3.8, 4) is 44.8 Å². The van der Waals surface area contributed by atoms with Gasteiger partial charge < -0.3 is 9.13 Å². The van der Waals surface area contributed by atoms with Gasteiger partial charge in [0.25, 0.3) is 0 Å². The first kappa shape index (κ1) is 32.1. The van der Waals surface area contributed by atoms with Crippen LogP contribution in [0.2, 0.25) is 0 Å². The summed E-state index contributed by atoms with van der Waals surface area (Å²) < 4.78 is 7.51. The van der Waals surface area contributed by atoms with E-state index in [9.17, 15) is 0 Å². The molecule has 0 aliphatic carbocycles. The highest BCUT2D eigenvalue weighted by atomic mass is 32.1. The number of benzene rings is 9. The molecule has 3 heteroatoms. The number of hydrogen-bond donors (Lipinski definition) is 0. The molecule has 12 aromatic rings. The number of nitrogens with zero attached hydrogens (tertiary/aromatic N) is 2. The van der Waals surface area contributed by atoms with E-state index in [-0.39, 0.29) is 0 Å². The zero-order chi connectivity index (χ0) is 37.5. The fraction of sp³-hybridized carbons (Fsp3) is 0. The van der Waals surface area contributed by atoms with Gasteiger partial charge in [-0.1, -0.05) is 146 Å². The normalized spacial score (nSPS) is 11.9. The standard InChI is InChI=1S/C54H34N2S/c1-2-10-35(11-3-1)40-26-32-50-47(34-40)43-12-4-7-15-48(43)55(50)41-27-22-38(23-28-41)36-18-20-37(21-19-36)39-24-29-42(30-25-39)56-49-16-8-5-14-46(49)53-51(56)33-31-45-44-13-6-9-17-52(44)57-54(45)53/h1-34H. The summed E-state index contributed by atoms with van der Waals surface area (Å²) in [6, 6.07) is 75.4. The summed E-state index contributed by atoms with van der Waals surface area (Å²) in [6.45, 7) is 0. The molecule has 0 N–H and O–H groups in total.